The van der Waals surface area contributed by atoms with Crippen LogP contribution in [0.5, 0.6) is 5.75 Å². The number of para-hydroxylation sites is 1. The van der Waals surface area contributed by atoms with Crippen molar-refractivity contribution in [3.63, 3.8) is 0 Å². The molecule has 0 aliphatic carbocycles. The second-order valence-electron chi connectivity index (χ2n) is 8.34. The van der Waals surface area contributed by atoms with Crippen LogP contribution in [-0.4, -0.2) is 36.7 Å². The third-order valence-electron chi connectivity index (χ3n) is 6.39. The number of ether oxygens (including phenoxy) is 2. The van der Waals surface area contributed by atoms with Crippen molar-refractivity contribution in [1.29, 1.82) is 0 Å². The van der Waals surface area contributed by atoms with Crippen molar-refractivity contribution in [3.05, 3.63) is 90.6 Å². The van der Waals surface area contributed by atoms with Crippen LogP contribution < -0.4 is 24.5 Å². The Bertz CT molecular complexity index is 1600. The molecule has 5 rings (SSSR count). The van der Waals surface area contributed by atoms with Gasteiger partial charge in [0, 0.05) is 12.1 Å². The zero-order valence-electron chi connectivity index (χ0n) is 20.4. The number of carbonyl (C=O) groups is 2. The van der Waals surface area contributed by atoms with E-state index in [0.29, 0.717) is 44.0 Å². The fourth-order valence-corrected chi connectivity index (χ4v) is 5.89. The van der Waals surface area contributed by atoms with E-state index in [2.05, 4.69) is 4.99 Å². The first-order chi connectivity index (χ1) is 17.4. The van der Waals surface area contributed by atoms with Crippen molar-refractivity contribution < 1.29 is 19.1 Å². The molecule has 2 aromatic carbocycles. The van der Waals surface area contributed by atoms with Crippen LogP contribution in [0.25, 0.3) is 5.57 Å². The summed E-state index contributed by atoms with van der Waals surface area (Å²) in [5, 5.41) is 0. The van der Waals surface area contributed by atoms with Crippen molar-refractivity contribution >= 4 is 34.5 Å². The third kappa shape index (κ3) is 3.58. The fraction of sp³-hybridized carbons (Fsp3) is 0.259. The molecule has 0 radical (unpaired) electrons. The molecule has 184 valence electrons. The van der Waals surface area contributed by atoms with Gasteiger partial charge in [0.1, 0.15) is 10.3 Å². The van der Waals surface area contributed by atoms with Gasteiger partial charge in [0.2, 0.25) is 0 Å². The molecule has 3 aromatic rings. The zero-order chi connectivity index (χ0) is 25.6. The second kappa shape index (κ2) is 9.23. The van der Waals surface area contributed by atoms with Crippen LogP contribution in [0.3, 0.4) is 0 Å². The van der Waals surface area contributed by atoms with Crippen LogP contribution >= 0.6 is 11.3 Å². The number of aromatic nitrogens is 1. The third-order valence-corrected chi connectivity index (χ3v) is 7.44. The van der Waals surface area contributed by atoms with E-state index in [4.69, 9.17) is 9.47 Å². The minimum Gasteiger partial charge on any atom is -0.497 e. The minimum absolute atomic E-state index is 0.192. The Morgan fingerprint density at radius 2 is 1.81 bits per heavy atom. The van der Waals surface area contributed by atoms with Gasteiger partial charge < -0.3 is 14.4 Å². The fourth-order valence-electron chi connectivity index (χ4n) is 4.76. The van der Waals surface area contributed by atoms with Gasteiger partial charge in [-0.2, -0.15) is 0 Å². The average Bonchev–Trinajstić information content (AvgIpc) is 3.35. The molecule has 1 amide bonds. The lowest BCUT2D eigenvalue weighted by molar-refractivity contribution is -0.139. The highest BCUT2D eigenvalue weighted by atomic mass is 32.1. The van der Waals surface area contributed by atoms with Gasteiger partial charge in [-0.25, -0.2) is 9.79 Å². The molecule has 2 aliphatic heterocycles. The molecule has 1 atom stereocenters. The maximum Gasteiger partial charge on any atom is 0.338 e. The first kappa shape index (κ1) is 23.7. The van der Waals surface area contributed by atoms with Crippen LogP contribution in [0, 0.1) is 0 Å². The molecule has 0 unspecified atom stereocenters. The van der Waals surface area contributed by atoms with Crippen LogP contribution in [0.2, 0.25) is 0 Å². The van der Waals surface area contributed by atoms with Crippen LogP contribution in [-0.2, 0) is 14.3 Å². The number of nitrogens with zero attached hydrogens (tertiary/aromatic N) is 3. The number of allylic oxidation sites excluding steroid dienone is 1. The SMILES string of the molecule is CCOC(=O)C1=C(C)N=c2sc(=C3C(=O)N(CC)c4ccccc43)c(=O)n2[C@H]1c1ccc(OC)cc1. The first-order valence-electron chi connectivity index (χ1n) is 11.7. The second-order valence-corrected chi connectivity index (χ2v) is 9.32. The number of rotatable bonds is 5. The van der Waals surface area contributed by atoms with E-state index in [1.165, 1.54) is 4.57 Å². The molecular weight excluding hydrogens is 478 g/mol. The number of thiazole rings is 1. The molecule has 0 N–H and O–H groups in total. The number of hydrogen-bond donors (Lipinski definition) is 0. The molecule has 36 heavy (non-hydrogen) atoms. The summed E-state index contributed by atoms with van der Waals surface area (Å²) in [6, 6.07) is 13.9. The summed E-state index contributed by atoms with van der Waals surface area (Å²) < 4.78 is 12.4. The van der Waals surface area contributed by atoms with Crippen LogP contribution in [0.1, 0.15) is 37.9 Å². The van der Waals surface area contributed by atoms with E-state index in [1.54, 1.807) is 38.0 Å². The predicted molar refractivity (Wildman–Crippen MR) is 137 cm³/mol. The van der Waals surface area contributed by atoms with Gasteiger partial charge >= 0.3 is 5.97 Å². The Balaban J connectivity index is 1.81. The summed E-state index contributed by atoms with van der Waals surface area (Å²) in [6.07, 6.45) is 0. The zero-order valence-corrected chi connectivity index (χ0v) is 21.2. The number of fused-ring (bicyclic) bond motifs is 2. The van der Waals surface area contributed by atoms with E-state index < -0.39 is 12.0 Å². The summed E-state index contributed by atoms with van der Waals surface area (Å²) in [6.45, 7) is 6.04. The topological polar surface area (TPSA) is 90.2 Å². The maximum absolute atomic E-state index is 14.0. The lowest BCUT2D eigenvalue weighted by atomic mass is 9.96. The minimum atomic E-state index is -0.755. The van der Waals surface area contributed by atoms with Crippen LogP contribution in [0.15, 0.2) is 69.6 Å². The number of hydrogen-bond acceptors (Lipinski definition) is 7. The number of likely N-dealkylation sites (N-methyl/N-ethyl adjacent to an activating group) is 1. The molecule has 9 heteroatoms. The molecule has 0 saturated heterocycles. The lowest BCUT2D eigenvalue weighted by Crippen LogP contribution is -2.41. The van der Waals surface area contributed by atoms with Gasteiger partial charge in [-0.05, 0) is 44.5 Å². The normalized spacial score (nSPS) is 18.1. The molecule has 2 aliphatic rings. The maximum atomic E-state index is 14.0. The van der Waals surface area contributed by atoms with E-state index in [9.17, 15) is 14.4 Å². The standard InChI is InChI=1S/C27H25N3O5S/c1-5-29-19-10-8-7-9-18(19)21(24(29)31)23-25(32)30-22(16-11-13-17(34-4)14-12-16)20(26(33)35-6-2)15(3)28-27(30)36-23/h7-14,22H,5-6H2,1-4H3/t22-/m0/s1. The monoisotopic (exact) mass is 503 g/mol. The number of anilines is 1. The Labute approximate surface area is 211 Å². The van der Waals surface area contributed by atoms with Gasteiger partial charge in [-0.1, -0.05) is 41.7 Å². The van der Waals surface area contributed by atoms with E-state index in [0.717, 1.165) is 22.6 Å². The lowest BCUT2D eigenvalue weighted by Gasteiger charge is -2.24. The van der Waals surface area contributed by atoms with E-state index in [1.807, 2.05) is 43.3 Å². The highest BCUT2D eigenvalue weighted by Crippen LogP contribution is 2.35. The van der Waals surface area contributed by atoms with Gasteiger partial charge in [0.05, 0.1) is 42.3 Å². The summed E-state index contributed by atoms with van der Waals surface area (Å²) in [7, 11) is 1.57. The van der Waals surface area contributed by atoms with Gasteiger partial charge in [-0.3, -0.25) is 14.2 Å². The first-order valence-corrected chi connectivity index (χ1v) is 12.5. The Hall–Kier alpha value is -3.98. The summed E-state index contributed by atoms with van der Waals surface area (Å²) >= 11 is 1.16. The Kier molecular flexibility index (Phi) is 6.09. The number of carbonyl (C=O) groups excluding carboxylic acids is 2. The number of methoxy groups -OCH3 is 1. The van der Waals surface area contributed by atoms with E-state index >= 15 is 0 Å². The highest BCUT2D eigenvalue weighted by molar-refractivity contribution is 7.07. The van der Waals surface area contributed by atoms with Gasteiger partial charge in [-0.15, -0.1) is 0 Å². The van der Waals surface area contributed by atoms with Crippen molar-refractivity contribution in [1.82, 2.24) is 4.57 Å². The van der Waals surface area contributed by atoms with Gasteiger partial charge in [0.15, 0.2) is 4.80 Å². The summed E-state index contributed by atoms with van der Waals surface area (Å²) in [5.41, 5.74) is 2.96. The molecule has 1 aromatic heterocycles. The van der Waals surface area contributed by atoms with E-state index in [-0.39, 0.29) is 18.1 Å². The van der Waals surface area contributed by atoms with Crippen molar-refractivity contribution in [3.8, 4) is 5.75 Å². The highest BCUT2D eigenvalue weighted by Gasteiger charge is 2.36. The Morgan fingerprint density at radius 3 is 2.47 bits per heavy atom. The summed E-state index contributed by atoms with van der Waals surface area (Å²) in [5.74, 6) is -0.0946. The predicted octanol–water partition coefficient (Wildman–Crippen LogP) is 2.54. The molecule has 0 fully saturated rings. The quantitative estimate of drug-likeness (QED) is 0.499. The largest absolute Gasteiger partial charge is 0.497 e. The molecular formula is C27H25N3O5S. The van der Waals surface area contributed by atoms with Crippen LogP contribution in [0.4, 0.5) is 5.69 Å². The van der Waals surface area contributed by atoms with Gasteiger partial charge in [0.25, 0.3) is 11.5 Å². The molecule has 0 bridgehead atoms. The summed E-state index contributed by atoms with van der Waals surface area (Å²) in [4.78, 5) is 47.2. The smallest absolute Gasteiger partial charge is 0.338 e. The average molecular weight is 504 g/mol. The number of esters is 1. The van der Waals surface area contributed by atoms with Crippen molar-refractivity contribution in [2.45, 2.75) is 26.8 Å². The molecule has 3 heterocycles. The van der Waals surface area contributed by atoms with Crippen molar-refractivity contribution in [2.75, 3.05) is 25.2 Å². The molecule has 0 spiro atoms. The number of benzene rings is 2. The molecule has 8 nitrogen and oxygen atoms in total. The number of amides is 1. The molecule has 0 saturated carbocycles. The van der Waals surface area contributed by atoms with Crippen molar-refractivity contribution in [2.24, 2.45) is 4.99 Å². The Morgan fingerprint density at radius 1 is 1.08 bits per heavy atom.